The summed E-state index contributed by atoms with van der Waals surface area (Å²) in [6.07, 6.45) is 0. The number of aliphatic hydroxyl groups excluding tert-OH is 1. The minimum absolute atomic E-state index is 0.00560. The third-order valence-corrected chi connectivity index (χ3v) is 2.47. The van der Waals surface area contributed by atoms with E-state index in [4.69, 9.17) is 14.6 Å². The molecular formula is C12H19NO4. The predicted molar refractivity (Wildman–Crippen MR) is 64.6 cm³/mol. The second-order valence-electron chi connectivity index (χ2n) is 3.81. The first-order valence-electron chi connectivity index (χ1n) is 5.40. The Balaban J connectivity index is 2.85. The molecule has 5 heteroatoms. The second-order valence-corrected chi connectivity index (χ2v) is 3.81. The lowest BCUT2D eigenvalue weighted by Crippen LogP contribution is -2.28. The molecule has 1 rings (SSSR count). The number of benzene rings is 1. The molecule has 0 amide bonds. The summed E-state index contributed by atoms with van der Waals surface area (Å²) < 4.78 is 10.1. The summed E-state index contributed by atoms with van der Waals surface area (Å²) in [7, 11) is 2.98. The molecule has 0 saturated heterocycles. The largest absolute Gasteiger partial charge is 0.502 e. The maximum Gasteiger partial charge on any atom is 0.200 e. The first-order valence-corrected chi connectivity index (χ1v) is 5.40. The van der Waals surface area contributed by atoms with Gasteiger partial charge in [-0.1, -0.05) is 0 Å². The SMILES string of the molecule is COc1cc(CN[C@H](C)CO)cc(OC)c1O. The maximum absolute atomic E-state index is 9.73. The Hall–Kier alpha value is -1.46. The zero-order valence-corrected chi connectivity index (χ0v) is 10.4. The molecule has 0 aliphatic rings. The molecular weight excluding hydrogens is 222 g/mol. The molecule has 0 fully saturated rings. The fourth-order valence-electron chi connectivity index (χ4n) is 1.41. The van der Waals surface area contributed by atoms with Gasteiger partial charge in [-0.3, -0.25) is 0 Å². The Morgan fingerprint density at radius 2 is 1.76 bits per heavy atom. The molecule has 0 saturated carbocycles. The predicted octanol–water partition coefficient (Wildman–Crippen LogP) is 0.880. The quantitative estimate of drug-likeness (QED) is 0.689. The van der Waals surface area contributed by atoms with Crippen molar-refractivity contribution in [2.75, 3.05) is 20.8 Å². The number of methoxy groups -OCH3 is 2. The van der Waals surface area contributed by atoms with E-state index in [0.717, 1.165) is 5.56 Å². The Morgan fingerprint density at radius 3 is 2.18 bits per heavy atom. The number of phenolic OH excluding ortho intramolecular Hbond substituents is 1. The standard InChI is InChI=1S/C12H19NO4/c1-8(7-14)13-6-9-4-10(16-2)12(15)11(5-9)17-3/h4-5,8,13-15H,6-7H2,1-3H3/t8-/m1/s1. The van der Waals surface area contributed by atoms with Crippen molar-refractivity contribution in [3.63, 3.8) is 0 Å². The number of phenols is 1. The zero-order chi connectivity index (χ0) is 12.8. The van der Waals surface area contributed by atoms with Crippen LogP contribution in [0.2, 0.25) is 0 Å². The monoisotopic (exact) mass is 241 g/mol. The van der Waals surface area contributed by atoms with Gasteiger partial charge in [-0.25, -0.2) is 0 Å². The molecule has 0 aliphatic heterocycles. The van der Waals surface area contributed by atoms with Crippen molar-refractivity contribution < 1.29 is 19.7 Å². The van der Waals surface area contributed by atoms with E-state index in [-0.39, 0.29) is 18.4 Å². The molecule has 0 radical (unpaired) electrons. The lowest BCUT2D eigenvalue weighted by molar-refractivity contribution is 0.251. The first kappa shape index (κ1) is 13.6. The van der Waals surface area contributed by atoms with Crippen LogP contribution in [0.1, 0.15) is 12.5 Å². The van der Waals surface area contributed by atoms with Crippen LogP contribution in [-0.2, 0) is 6.54 Å². The van der Waals surface area contributed by atoms with Crippen LogP contribution in [0.3, 0.4) is 0 Å². The number of nitrogens with one attached hydrogen (secondary N) is 1. The summed E-state index contributed by atoms with van der Waals surface area (Å²) >= 11 is 0. The molecule has 96 valence electrons. The fourth-order valence-corrected chi connectivity index (χ4v) is 1.41. The number of rotatable bonds is 6. The third kappa shape index (κ3) is 3.51. The smallest absolute Gasteiger partial charge is 0.200 e. The maximum atomic E-state index is 9.73. The molecule has 0 aliphatic carbocycles. The minimum atomic E-state index is -0.00560. The summed E-state index contributed by atoms with van der Waals surface area (Å²) in [6, 6.07) is 3.48. The highest BCUT2D eigenvalue weighted by Crippen LogP contribution is 2.36. The van der Waals surface area contributed by atoms with Crippen LogP contribution in [0.4, 0.5) is 0 Å². The molecule has 0 unspecified atom stereocenters. The van der Waals surface area contributed by atoms with Crippen molar-refractivity contribution in [2.45, 2.75) is 19.5 Å². The first-order chi connectivity index (χ1) is 8.12. The normalized spacial score (nSPS) is 12.2. The Labute approximate surface area is 101 Å². The molecule has 0 heterocycles. The summed E-state index contributed by atoms with van der Waals surface area (Å²) in [5, 5.41) is 21.8. The van der Waals surface area contributed by atoms with Crippen LogP contribution in [0, 0.1) is 0 Å². The van der Waals surface area contributed by atoms with Crippen LogP contribution in [0.5, 0.6) is 17.2 Å². The molecule has 17 heavy (non-hydrogen) atoms. The van der Waals surface area contributed by atoms with Crippen LogP contribution in [-0.4, -0.2) is 37.1 Å². The van der Waals surface area contributed by atoms with E-state index in [2.05, 4.69) is 5.32 Å². The van der Waals surface area contributed by atoms with Gasteiger partial charge in [0.25, 0.3) is 0 Å². The van der Waals surface area contributed by atoms with Gasteiger partial charge < -0.3 is 25.0 Å². The third-order valence-electron chi connectivity index (χ3n) is 2.47. The van der Waals surface area contributed by atoms with Crippen LogP contribution in [0.25, 0.3) is 0 Å². The minimum Gasteiger partial charge on any atom is -0.502 e. The van der Waals surface area contributed by atoms with Gasteiger partial charge in [0.1, 0.15) is 0 Å². The molecule has 1 aromatic rings. The lowest BCUT2D eigenvalue weighted by Gasteiger charge is -2.14. The topological polar surface area (TPSA) is 71.0 Å². The summed E-state index contributed by atoms with van der Waals surface area (Å²) in [5.41, 5.74) is 0.914. The van der Waals surface area contributed by atoms with E-state index in [1.54, 1.807) is 12.1 Å². The van der Waals surface area contributed by atoms with E-state index in [1.807, 2.05) is 6.92 Å². The van der Waals surface area contributed by atoms with E-state index < -0.39 is 0 Å². The average molecular weight is 241 g/mol. The molecule has 0 spiro atoms. The molecule has 1 aromatic carbocycles. The zero-order valence-electron chi connectivity index (χ0n) is 10.4. The van der Waals surface area contributed by atoms with Gasteiger partial charge in [-0.15, -0.1) is 0 Å². The van der Waals surface area contributed by atoms with Crippen molar-refractivity contribution in [3.05, 3.63) is 17.7 Å². The Morgan fingerprint density at radius 1 is 1.24 bits per heavy atom. The highest BCUT2D eigenvalue weighted by molar-refractivity contribution is 5.52. The second kappa shape index (κ2) is 6.32. The highest BCUT2D eigenvalue weighted by atomic mass is 16.5. The molecule has 0 bridgehead atoms. The molecule has 0 aromatic heterocycles. The van der Waals surface area contributed by atoms with E-state index >= 15 is 0 Å². The molecule has 3 N–H and O–H groups in total. The highest BCUT2D eigenvalue weighted by Gasteiger charge is 2.11. The van der Waals surface area contributed by atoms with E-state index in [1.165, 1.54) is 14.2 Å². The van der Waals surface area contributed by atoms with Gasteiger partial charge in [0.2, 0.25) is 5.75 Å². The summed E-state index contributed by atoms with van der Waals surface area (Å²) in [5.74, 6) is 0.740. The van der Waals surface area contributed by atoms with Gasteiger partial charge in [0, 0.05) is 12.6 Å². The van der Waals surface area contributed by atoms with Gasteiger partial charge in [-0.2, -0.15) is 0 Å². The van der Waals surface area contributed by atoms with Crippen LogP contribution in [0.15, 0.2) is 12.1 Å². The number of hydrogen-bond acceptors (Lipinski definition) is 5. The van der Waals surface area contributed by atoms with Gasteiger partial charge >= 0.3 is 0 Å². The van der Waals surface area contributed by atoms with Crippen molar-refractivity contribution >= 4 is 0 Å². The van der Waals surface area contributed by atoms with Crippen molar-refractivity contribution in [1.29, 1.82) is 0 Å². The molecule has 1 atom stereocenters. The number of ether oxygens (including phenoxy) is 2. The van der Waals surface area contributed by atoms with Gasteiger partial charge in [0.05, 0.1) is 20.8 Å². The Kier molecular flexibility index (Phi) is 5.06. The number of aliphatic hydroxyl groups is 1. The summed E-state index contributed by atoms with van der Waals surface area (Å²) in [4.78, 5) is 0. The average Bonchev–Trinajstić information content (AvgIpc) is 2.36. The Bertz CT molecular complexity index is 343. The van der Waals surface area contributed by atoms with Crippen LogP contribution >= 0.6 is 0 Å². The number of hydrogen-bond donors (Lipinski definition) is 3. The number of aromatic hydroxyl groups is 1. The van der Waals surface area contributed by atoms with Crippen molar-refractivity contribution in [2.24, 2.45) is 0 Å². The van der Waals surface area contributed by atoms with E-state index in [9.17, 15) is 5.11 Å². The lowest BCUT2D eigenvalue weighted by atomic mass is 10.1. The van der Waals surface area contributed by atoms with Gasteiger partial charge in [-0.05, 0) is 24.6 Å². The molecule has 5 nitrogen and oxygen atoms in total. The summed E-state index contributed by atoms with van der Waals surface area (Å²) in [6.45, 7) is 2.52. The van der Waals surface area contributed by atoms with E-state index in [0.29, 0.717) is 18.0 Å². The van der Waals surface area contributed by atoms with Gasteiger partial charge in [0.15, 0.2) is 11.5 Å². The van der Waals surface area contributed by atoms with Crippen molar-refractivity contribution in [1.82, 2.24) is 5.32 Å². The van der Waals surface area contributed by atoms with Crippen LogP contribution < -0.4 is 14.8 Å². The van der Waals surface area contributed by atoms with Crippen molar-refractivity contribution in [3.8, 4) is 17.2 Å². The fraction of sp³-hybridized carbons (Fsp3) is 0.500.